The van der Waals surface area contributed by atoms with E-state index in [1.54, 1.807) is 14.1 Å². The van der Waals surface area contributed by atoms with Crippen LogP contribution >= 0.6 is 23.2 Å². The van der Waals surface area contributed by atoms with Crippen LogP contribution in [0.15, 0.2) is 12.3 Å². The minimum absolute atomic E-state index is 0.131. The maximum atomic E-state index is 12.0. The molecule has 0 fully saturated rings. The fourth-order valence-electron chi connectivity index (χ4n) is 1.28. The summed E-state index contributed by atoms with van der Waals surface area (Å²) in [7, 11) is 3.14. The molecule has 1 N–H and O–H groups in total. The molecule has 5 nitrogen and oxygen atoms in total. The SMILES string of the molecule is CNC(=O)CCN(C)C(=O)c1cc(Cl)ncc1Cl. The topological polar surface area (TPSA) is 62.3 Å². The van der Waals surface area contributed by atoms with Gasteiger partial charge in [0.1, 0.15) is 5.15 Å². The summed E-state index contributed by atoms with van der Waals surface area (Å²) < 4.78 is 0. The van der Waals surface area contributed by atoms with E-state index in [9.17, 15) is 9.59 Å². The van der Waals surface area contributed by atoms with E-state index in [2.05, 4.69) is 10.3 Å². The van der Waals surface area contributed by atoms with Crippen LogP contribution in [0.5, 0.6) is 0 Å². The molecule has 0 aliphatic rings. The number of carbonyl (C=O) groups is 2. The van der Waals surface area contributed by atoms with Crippen LogP contribution in [-0.4, -0.2) is 42.3 Å². The van der Waals surface area contributed by atoms with Gasteiger partial charge in [-0.2, -0.15) is 0 Å². The van der Waals surface area contributed by atoms with E-state index in [0.29, 0.717) is 6.54 Å². The third-order valence-corrected chi connectivity index (χ3v) is 2.86. The van der Waals surface area contributed by atoms with Gasteiger partial charge in [0.25, 0.3) is 5.91 Å². The molecule has 98 valence electrons. The van der Waals surface area contributed by atoms with E-state index >= 15 is 0 Å². The highest BCUT2D eigenvalue weighted by Gasteiger charge is 2.16. The van der Waals surface area contributed by atoms with E-state index in [4.69, 9.17) is 23.2 Å². The number of rotatable bonds is 4. The lowest BCUT2D eigenvalue weighted by Crippen LogP contribution is -2.31. The number of amides is 2. The minimum atomic E-state index is -0.298. The van der Waals surface area contributed by atoms with Crippen LogP contribution < -0.4 is 5.32 Å². The van der Waals surface area contributed by atoms with Crippen molar-refractivity contribution in [3.8, 4) is 0 Å². The molecule has 1 heterocycles. The second kappa shape index (κ2) is 6.56. The molecule has 1 aromatic rings. The van der Waals surface area contributed by atoms with Gasteiger partial charge in [-0.25, -0.2) is 4.98 Å². The molecule has 0 bridgehead atoms. The van der Waals surface area contributed by atoms with Crippen LogP contribution in [0.25, 0.3) is 0 Å². The molecule has 0 aliphatic heterocycles. The molecule has 7 heteroatoms. The third-order valence-electron chi connectivity index (χ3n) is 2.35. The van der Waals surface area contributed by atoms with Crippen LogP contribution in [0.3, 0.4) is 0 Å². The van der Waals surface area contributed by atoms with Gasteiger partial charge in [-0.15, -0.1) is 0 Å². The minimum Gasteiger partial charge on any atom is -0.359 e. The summed E-state index contributed by atoms with van der Waals surface area (Å²) in [5.41, 5.74) is 0.274. The molecular formula is C11H13Cl2N3O2. The summed E-state index contributed by atoms with van der Waals surface area (Å²) in [6, 6.07) is 1.41. The Morgan fingerprint density at radius 3 is 2.72 bits per heavy atom. The lowest BCUT2D eigenvalue weighted by atomic mass is 10.2. The molecular weight excluding hydrogens is 277 g/mol. The van der Waals surface area contributed by atoms with Crippen molar-refractivity contribution >= 4 is 35.0 Å². The van der Waals surface area contributed by atoms with Gasteiger partial charge in [0, 0.05) is 33.3 Å². The standard InChI is InChI=1S/C11H13Cl2N3O2/c1-14-10(17)3-4-16(2)11(18)7-5-9(13)15-6-8(7)12/h5-6H,3-4H2,1-2H3,(H,14,17). The van der Waals surface area contributed by atoms with Gasteiger partial charge in [-0.3, -0.25) is 9.59 Å². The van der Waals surface area contributed by atoms with Crippen molar-refractivity contribution in [3.05, 3.63) is 28.0 Å². The van der Waals surface area contributed by atoms with Crippen LogP contribution in [0.1, 0.15) is 16.8 Å². The molecule has 0 aliphatic carbocycles. The van der Waals surface area contributed by atoms with Gasteiger partial charge in [-0.1, -0.05) is 23.2 Å². The molecule has 0 aromatic carbocycles. The first-order chi connectivity index (χ1) is 8.45. The molecule has 0 spiro atoms. The first kappa shape index (κ1) is 14.7. The highest BCUT2D eigenvalue weighted by molar-refractivity contribution is 6.35. The zero-order valence-electron chi connectivity index (χ0n) is 10.0. The monoisotopic (exact) mass is 289 g/mol. The summed E-state index contributed by atoms with van der Waals surface area (Å²) in [4.78, 5) is 28.3. The van der Waals surface area contributed by atoms with E-state index in [1.165, 1.54) is 17.2 Å². The molecule has 2 amide bonds. The molecule has 0 saturated heterocycles. The number of hydrogen-bond donors (Lipinski definition) is 1. The van der Waals surface area contributed by atoms with Crippen molar-refractivity contribution < 1.29 is 9.59 Å². The second-order valence-electron chi connectivity index (χ2n) is 3.64. The Labute approximate surface area is 115 Å². The smallest absolute Gasteiger partial charge is 0.255 e. The zero-order chi connectivity index (χ0) is 13.7. The second-order valence-corrected chi connectivity index (χ2v) is 4.43. The van der Waals surface area contributed by atoms with Gasteiger partial charge >= 0.3 is 0 Å². The Bertz CT molecular complexity index is 466. The fraction of sp³-hybridized carbons (Fsp3) is 0.364. The maximum Gasteiger partial charge on any atom is 0.255 e. The van der Waals surface area contributed by atoms with Crippen LogP contribution in [0.4, 0.5) is 0 Å². The van der Waals surface area contributed by atoms with Crippen LogP contribution in [0.2, 0.25) is 10.2 Å². The molecule has 0 saturated carbocycles. The van der Waals surface area contributed by atoms with Crippen molar-refractivity contribution in [2.24, 2.45) is 0 Å². The number of pyridine rings is 1. The quantitative estimate of drug-likeness (QED) is 0.857. The average Bonchev–Trinajstić information content (AvgIpc) is 2.37. The zero-order valence-corrected chi connectivity index (χ0v) is 11.5. The Morgan fingerprint density at radius 1 is 1.44 bits per heavy atom. The van der Waals surface area contributed by atoms with E-state index < -0.39 is 0 Å². The predicted molar refractivity (Wildman–Crippen MR) is 69.9 cm³/mol. The van der Waals surface area contributed by atoms with Crippen molar-refractivity contribution in [3.63, 3.8) is 0 Å². The Morgan fingerprint density at radius 2 is 2.11 bits per heavy atom. The first-order valence-electron chi connectivity index (χ1n) is 5.22. The average molecular weight is 290 g/mol. The van der Waals surface area contributed by atoms with Gasteiger partial charge in [0.2, 0.25) is 5.91 Å². The molecule has 0 atom stereocenters. The highest BCUT2D eigenvalue weighted by Crippen LogP contribution is 2.19. The van der Waals surface area contributed by atoms with E-state index in [-0.39, 0.29) is 34.0 Å². The van der Waals surface area contributed by atoms with Crippen molar-refractivity contribution in [1.82, 2.24) is 15.2 Å². The fourth-order valence-corrected chi connectivity index (χ4v) is 1.62. The van der Waals surface area contributed by atoms with Gasteiger partial charge in [0.15, 0.2) is 0 Å². The normalized spacial score (nSPS) is 10.0. The summed E-state index contributed by atoms with van der Waals surface area (Å²) in [6.45, 7) is 0.300. The van der Waals surface area contributed by atoms with Crippen LogP contribution in [0, 0.1) is 0 Å². The molecule has 18 heavy (non-hydrogen) atoms. The largest absolute Gasteiger partial charge is 0.359 e. The number of carbonyl (C=O) groups excluding carboxylic acids is 2. The molecule has 0 radical (unpaired) electrons. The van der Waals surface area contributed by atoms with Gasteiger partial charge < -0.3 is 10.2 Å². The summed E-state index contributed by atoms with van der Waals surface area (Å²) in [5.74, 6) is -0.429. The molecule has 1 aromatic heterocycles. The third kappa shape index (κ3) is 3.85. The van der Waals surface area contributed by atoms with Crippen LogP contribution in [-0.2, 0) is 4.79 Å². The molecule has 1 rings (SSSR count). The Hall–Kier alpha value is -1.33. The predicted octanol–water partition coefficient (Wildman–Crippen LogP) is 1.60. The summed E-state index contributed by atoms with van der Waals surface area (Å²) in [6.07, 6.45) is 1.55. The van der Waals surface area contributed by atoms with E-state index in [1.807, 2.05) is 0 Å². The number of halogens is 2. The lowest BCUT2D eigenvalue weighted by Gasteiger charge is -2.17. The van der Waals surface area contributed by atoms with Crippen molar-refractivity contribution in [2.75, 3.05) is 20.6 Å². The lowest BCUT2D eigenvalue weighted by molar-refractivity contribution is -0.120. The number of aromatic nitrogens is 1. The number of nitrogens with zero attached hydrogens (tertiary/aromatic N) is 2. The Balaban J connectivity index is 2.74. The van der Waals surface area contributed by atoms with Gasteiger partial charge in [-0.05, 0) is 6.07 Å². The van der Waals surface area contributed by atoms with Crippen molar-refractivity contribution in [1.29, 1.82) is 0 Å². The number of hydrogen-bond acceptors (Lipinski definition) is 3. The van der Waals surface area contributed by atoms with Gasteiger partial charge in [0.05, 0.1) is 10.6 Å². The molecule has 0 unspecified atom stereocenters. The summed E-state index contributed by atoms with van der Waals surface area (Å²) in [5, 5.41) is 2.91. The number of nitrogens with one attached hydrogen (secondary N) is 1. The summed E-state index contributed by atoms with van der Waals surface area (Å²) >= 11 is 11.6. The van der Waals surface area contributed by atoms with E-state index in [0.717, 1.165) is 0 Å². The maximum absolute atomic E-state index is 12.0. The Kier molecular flexibility index (Phi) is 5.37. The highest BCUT2D eigenvalue weighted by atomic mass is 35.5. The van der Waals surface area contributed by atoms with Crippen molar-refractivity contribution in [2.45, 2.75) is 6.42 Å². The first-order valence-corrected chi connectivity index (χ1v) is 5.98.